The zero-order valence-corrected chi connectivity index (χ0v) is 14.5. The minimum atomic E-state index is -0.189. The summed E-state index contributed by atoms with van der Waals surface area (Å²) in [6.07, 6.45) is 13.9. The molecule has 0 spiro atoms. The van der Waals surface area contributed by atoms with E-state index < -0.39 is 0 Å². The highest BCUT2D eigenvalue weighted by Gasteiger charge is 2.04. The quantitative estimate of drug-likeness (QED) is 0.346. The van der Waals surface area contributed by atoms with Gasteiger partial charge in [-0.15, -0.1) is 11.8 Å². The Labute approximate surface area is 129 Å². The lowest BCUT2D eigenvalue weighted by atomic mass is 10.1. The average molecular weight is 305 g/mol. The maximum atomic E-state index is 9.46. The third kappa shape index (κ3) is 14.6. The molecule has 3 heteroatoms. The molecule has 0 saturated heterocycles. The number of unbranched alkanes of at least 4 members (excludes halogenated alkanes) is 8. The van der Waals surface area contributed by atoms with Gasteiger partial charge in [-0.05, 0) is 19.3 Å². The molecular weight excluding hydrogens is 272 g/mol. The molecule has 19 heavy (non-hydrogen) atoms. The van der Waals surface area contributed by atoms with Crippen molar-refractivity contribution in [3.8, 4) is 0 Å². The van der Waals surface area contributed by atoms with Crippen molar-refractivity contribution in [2.45, 2.75) is 90.6 Å². The molecule has 0 aliphatic carbocycles. The number of hydrogen-bond acceptors (Lipinski definition) is 3. The summed E-state index contributed by atoms with van der Waals surface area (Å²) in [5, 5.41) is 9.46. The summed E-state index contributed by atoms with van der Waals surface area (Å²) in [6, 6.07) is 0. The van der Waals surface area contributed by atoms with E-state index in [1.54, 1.807) is 11.8 Å². The molecule has 0 aromatic heterocycles. The van der Waals surface area contributed by atoms with Crippen LogP contribution in [0.15, 0.2) is 0 Å². The molecule has 0 aromatic carbocycles. The zero-order valence-electron chi connectivity index (χ0n) is 12.8. The molecule has 0 saturated carbocycles. The Morgan fingerprint density at radius 2 is 1.47 bits per heavy atom. The Hall–Kier alpha value is 0.400. The first-order valence-corrected chi connectivity index (χ1v) is 9.43. The fraction of sp³-hybridized carbons (Fsp3) is 0.938. The Kier molecular flexibility index (Phi) is 15.1. The minimum absolute atomic E-state index is 0.189. The van der Waals surface area contributed by atoms with Crippen molar-refractivity contribution in [3.63, 3.8) is 0 Å². The van der Waals surface area contributed by atoms with Crippen LogP contribution in [0, 0.1) is 0 Å². The van der Waals surface area contributed by atoms with Crippen LogP contribution < -0.4 is 0 Å². The molecule has 0 amide bonds. The van der Waals surface area contributed by atoms with Crippen LogP contribution in [0.2, 0.25) is 0 Å². The predicted molar refractivity (Wildman–Crippen MR) is 93.2 cm³/mol. The molecule has 0 fully saturated rings. The average Bonchev–Trinajstić information content (AvgIpc) is 2.42. The molecule has 0 unspecified atom stereocenters. The van der Waals surface area contributed by atoms with Gasteiger partial charge in [0, 0.05) is 9.95 Å². The van der Waals surface area contributed by atoms with Gasteiger partial charge in [0.1, 0.15) is 0 Å². The third-order valence-electron chi connectivity index (χ3n) is 3.39. The van der Waals surface area contributed by atoms with Gasteiger partial charge in [0.05, 0.1) is 6.10 Å². The second-order valence-electron chi connectivity index (χ2n) is 5.32. The van der Waals surface area contributed by atoms with Crippen LogP contribution in [0.1, 0.15) is 84.5 Å². The second kappa shape index (κ2) is 14.8. The molecule has 114 valence electrons. The molecule has 1 nitrogen and oxygen atoms in total. The van der Waals surface area contributed by atoms with Crippen LogP contribution >= 0.6 is 24.0 Å². The van der Waals surface area contributed by atoms with Gasteiger partial charge < -0.3 is 5.11 Å². The van der Waals surface area contributed by atoms with Crippen molar-refractivity contribution in [2.75, 3.05) is 5.75 Å². The van der Waals surface area contributed by atoms with Gasteiger partial charge in [0.25, 0.3) is 0 Å². The van der Waals surface area contributed by atoms with Gasteiger partial charge in [-0.1, -0.05) is 77.4 Å². The van der Waals surface area contributed by atoms with Crippen LogP contribution in [-0.4, -0.2) is 21.2 Å². The number of rotatable bonds is 13. The standard InChI is InChI=1S/C16H32OS2/c1-3-5-6-7-8-9-10-11-12-13-16(18)19-14-15(17)4-2/h15,17H,3-14H2,1-2H3/t15-/m0/s1. The van der Waals surface area contributed by atoms with Crippen molar-refractivity contribution in [3.05, 3.63) is 0 Å². The van der Waals surface area contributed by atoms with Gasteiger partial charge in [0.2, 0.25) is 0 Å². The molecule has 0 aliphatic heterocycles. The molecule has 0 rings (SSSR count). The molecular formula is C16H32OS2. The Morgan fingerprint density at radius 1 is 0.947 bits per heavy atom. The number of thiocarbonyl (C=S) groups is 1. The van der Waals surface area contributed by atoms with Crippen molar-refractivity contribution in [1.82, 2.24) is 0 Å². The zero-order chi connectivity index (χ0) is 14.3. The Balaban J connectivity index is 3.18. The molecule has 0 aromatic rings. The SMILES string of the molecule is CCCCCCCCCCCC(=S)SC[C@@H](O)CC. The first-order valence-electron chi connectivity index (χ1n) is 8.04. The lowest BCUT2D eigenvalue weighted by Gasteiger charge is -2.07. The summed E-state index contributed by atoms with van der Waals surface area (Å²) in [5.74, 6) is 0.771. The van der Waals surface area contributed by atoms with E-state index in [2.05, 4.69) is 6.92 Å². The fourth-order valence-corrected chi connectivity index (χ4v) is 3.21. The summed E-state index contributed by atoms with van der Waals surface area (Å²) in [4.78, 5) is 0. The van der Waals surface area contributed by atoms with E-state index >= 15 is 0 Å². The minimum Gasteiger partial charge on any atom is -0.392 e. The van der Waals surface area contributed by atoms with Crippen molar-refractivity contribution < 1.29 is 5.11 Å². The van der Waals surface area contributed by atoms with Crippen LogP contribution in [0.5, 0.6) is 0 Å². The van der Waals surface area contributed by atoms with E-state index in [0.29, 0.717) is 0 Å². The Morgan fingerprint density at radius 3 is 2.00 bits per heavy atom. The summed E-state index contributed by atoms with van der Waals surface area (Å²) >= 11 is 6.99. The lowest BCUT2D eigenvalue weighted by Crippen LogP contribution is -2.09. The summed E-state index contributed by atoms with van der Waals surface area (Å²) < 4.78 is 1.08. The van der Waals surface area contributed by atoms with Crippen molar-refractivity contribution >= 4 is 28.2 Å². The van der Waals surface area contributed by atoms with Crippen LogP contribution in [0.25, 0.3) is 0 Å². The van der Waals surface area contributed by atoms with Crippen LogP contribution in [0.4, 0.5) is 0 Å². The van der Waals surface area contributed by atoms with E-state index in [-0.39, 0.29) is 6.10 Å². The molecule has 0 heterocycles. The third-order valence-corrected chi connectivity index (χ3v) is 5.03. The first kappa shape index (κ1) is 19.4. The monoisotopic (exact) mass is 304 g/mol. The van der Waals surface area contributed by atoms with Gasteiger partial charge in [-0.3, -0.25) is 0 Å². The summed E-state index contributed by atoms with van der Waals surface area (Å²) in [7, 11) is 0. The first-order chi connectivity index (χ1) is 9.20. The summed E-state index contributed by atoms with van der Waals surface area (Å²) in [6.45, 7) is 4.27. The topological polar surface area (TPSA) is 20.2 Å². The fourth-order valence-electron chi connectivity index (χ4n) is 1.96. The lowest BCUT2D eigenvalue weighted by molar-refractivity contribution is 0.195. The maximum Gasteiger partial charge on any atom is 0.0631 e. The van der Waals surface area contributed by atoms with Crippen molar-refractivity contribution in [2.24, 2.45) is 0 Å². The normalized spacial score (nSPS) is 12.6. The highest BCUT2D eigenvalue weighted by atomic mass is 32.2. The van der Waals surface area contributed by atoms with Gasteiger partial charge in [-0.2, -0.15) is 0 Å². The number of aliphatic hydroxyl groups is 1. The maximum absolute atomic E-state index is 9.46. The van der Waals surface area contributed by atoms with Gasteiger partial charge in [0.15, 0.2) is 0 Å². The second-order valence-corrected chi connectivity index (χ2v) is 7.19. The number of hydrogen-bond donors (Lipinski definition) is 1. The number of aliphatic hydroxyl groups excluding tert-OH is 1. The molecule has 0 radical (unpaired) electrons. The molecule has 1 atom stereocenters. The van der Waals surface area contributed by atoms with Crippen LogP contribution in [-0.2, 0) is 0 Å². The molecule has 0 bridgehead atoms. The van der Waals surface area contributed by atoms with Crippen LogP contribution in [0.3, 0.4) is 0 Å². The van der Waals surface area contributed by atoms with E-state index in [0.717, 1.165) is 22.8 Å². The van der Waals surface area contributed by atoms with Crippen molar-refractivity contribution in [1.29, 1.82) is 0 Å². The smallest absolute Gasteiger partial charge is 0.0631 e. The molecule has 1 N–H and O–H groups in total. The van der Waals surface area contributed by atoms with Gasteiger partial charge in [-0.25, -0.2) is 0 Å². The Bertz CT molecular complexity index is 207. The van der Waals surface area contributed by atoms with Gasteiger partial charge >= 0.3 is 0 Å². The summed E-state index contributed by atoms with van der Waals surface area (Å²) in [5.41, 5.74) is 0. The van der Waals surface area contributed by atoms with E-state index in [9.17, 15) is 5.11 Å². The largest absolute Gasteiger partial charge is 0.392 e. The van der Waals surface area contributed by atoms with E-state index in [1.165, 1.54) is 57.8 Å². The van der Waals surface area contributed by atoms with E-state index in [1.807, 2.05) is 6.92 Å². The molecule has 0 aliphatic rings. The number of thioether (sulfide) groups is 1. The highest BCUT2D eigenvalue weighted by Crippen LogP contribution is 2.16. The predicted octanol–water partition coefficient (Wildman–Crippen LogP) is 5.74. The van der Waals surface area contributed by atoms with E-state index in [4.69, 9.17) is 12.2 Å². The highest BCUT2D eigenvalue weighted by molar-refractivity contribution is 8.23.